The van der Waals surface area contributed by atoms with E-state index in [4.69, 9.17) is 4.74 Å². The van der Waals surface area contributed by atoms with Crippen molar-refractivity contribution in [3.05, 3.63) is 0 Å². The number of piperazine rings is 1. The smallest absolute Gasteiger partial charge is 0.410 e. The molecule has 112 valence electrons. The summed E-state index contributed by atoms with van der Waals surface area (Å²) in [6, 6.07) is 0.243. The van der Waals surface area contributed by atoms with Crippen molar-refractivity contribution in [2.45, 2.75) is 59.5 Å². The van der Waals surface area contributed by atoms with Crippen LogP contribution in [-0.4, -0.2) is 42.3 Å². The zero-order valence-corrected chi connectivity index (χ0v) is 13.3. The molecule has 0 aliphatic carbocycles. The average molecular weight is 270 g/mol. The van der Waals surface area contributed by atoms with E-state index in [1.165, 1.54) is 0 Å². The summed E-state index contributed by atoms with van der Waals surface area (Å²) in [4.78, 5) is 14.2. The Labute approximate surface area is 117 Å². The molecular formula is C15H30N2O2. The number of nitrogens with zero attached hydrogens (tertiary/aromatic N) is 1. The molecule has 1 aliphatic heterocycles. The number of carbonyl (C=O) groups is 1. The van der Waals surface area contributed by atoms with Gasteiger partial charge in [-0.3, -0.25) is 0 Å². The lowest BCUT2D eigenvalue weighted by Crippen LogP contribution is -2.63. The molecule has 1 saturated heterocycles. The van der Waals surface area contributed by atoms with Crippen LogP contribution in [0.3, 0.4) is 0 Å². The first-order chi connectivity index (χ1) is 8.71. The second-order valence-corrected chi connectivity index (χ2v) is 7.15. The Bertz CT molecular complexity index is 301. The zero-order valence-electron chi connectivity index (χ0n) is 13.3. The van der Waals surface area contributed by atoms with Gasteiger partial charge in [0, 0.05) is 24.7 Å². The minimum atomic E-state index is -0.158. The van der Waals surface area contributed by atoms with Gasteiger partial charge in [-0.1, -0.05) is 27.7 Å². The summed E-state index contributed by atoms with van der Waals surface area (Å²) in [5, 5.41) is 3.51. The van der Waals surface area contributed by atoms with Crippen LogP contribution >= 0.6 is 0 Å². The predicted octanol–water partition coefficient (Wildman–Crippen LogP) is 2.88. The van der Waals surface area contributed by atoms with E-state index in [0.717, 1.165) is 13.0 Å². The second kappa shape index (κ2) is 6.60. The van der Waals surface area contributed by atoms with Gasteiger partial charge in [-0.25, -0.2) is 4.79 Å². The molecular weight excluding hydrogens is 240 g/mol. The third kappa shape index (κ3) is 5.39. The highest BCUT2D eigenvalue weighted by Gasteiger charge is 2.36. The Morgan fingerprint density at radius 3 is 2.47 bits per heavy atom. The van der Waals surface area contributed by atoms with E-state index < -0.39 is 0 Å². The monoisotopic (exact) mass is 270 g/mol. The molecule has 0 aromatic carbocycles. The molecule has 0 radical (unpaired) electrons. The number of rotatable bonds is 4. The number of hydrogen-bond acceptors (Lipinski definition) is 3. The highest BCUT2D eigenvalue weighted by Crippen LogP contribution is 2.21. The Morgan fingerprint density at radius 1 is 1.32 bits per heavy atom. The van der Waals surface area contributed by atoms with Gasteiger partial charge in [0.15, 0.2) is 0 Å². The van der Waals surface area contributed by atoms with Crippen LogP contribution in [0.15, 0.2) is 0 Å². The minimum Gasteiger partial charge on any atom is -0.449 e. The Balaban J connectivity index is 2.67. The van der Waals surface area contributed by atoms with Crippen molar-refractivity contribution in [1.82, 2.24) is 10.2 Å². The summed E-state index contributed by atoms with van der Waals surface area (Å²) in [7, 11) is 0. The van der Waals surface area contributed by atoms with Gasteiger partial charge in [0.2, 0.25) is 0 Å². The van der Waals surface area contributed by atoms with Gasteiger partial charge in [0.05, 0.1) is 6.61 Å². The van der Waals surface area contributed by atoms with Crippen LogP contribution in [0.1, 0.15) is 48.0 Å². The summed E-state index contributed by atoms with van der Waals surface area (Å²) in [6.07, 6.45) is 0.855. The van der Waals surface area contributed by atoms with Crippen molar-refractivity contribution in [3.63, 3.8) is 0 Å². The summed E-state index contributed by atoms with van der Waals surface area (Å²) >= 11 is 0. The molecule has 0 aromatic rings. The molecule has 1 rings (SSSR count). The topological polar surface area (TPSA) is 41.6 Å². The van der Waals surface area contributed by atoms with Crippen molar-refractivity contribution in [3.8, 4) is 0 Å². The molecule has 0 spiro atoms. The van der Waals surface area contributed by atoms with Crippen LogP contribution in [0.25, 0.3) is 0 Å². The average Bonchev–Trinajstić information content (AvgIpc) is 2.27. The first kappa shape index (κ1) is 16.3. The van der Waals surface area contributed by atoms with Gasteiger partial charge in [0.1, 0.15) is 0 Å². The molecule has 4 heteroatoms. The molecule has 19 heavy (non-hydrogen) atoms. The lowest BCUT2D eigenvalue weighted by Gasteiger charge is -2.44. The van der Waals surface area contributed by atoms with Crippen molar-refractivity contribution in [2.24, 2.45) is 11.8 Å². The first-order valence-corrected chi connectivity index (χ1v) is 7.39. The van der Waals surface area contributed by atoms with Gasteiger partial charge in [-0.05, 0) is 32.1 Å². The van der Waals surface area contributed by atoms with Gasteiger partial charge in [-0.15, -0.1) is 0 Å². The Kier molecular flexibility index (Phi) is 5.65. The summed E-state index contributed by atoms with van der Waals surface area (Å²) in [5.74, 6) is 0.955. The van der Waals surface area contributed by atoms with Crippen molar-refractivity contribution in [2.75, 3.05) is 19.7 Å². The number of carbonyl (C=O) groups excluding carboxylic acids is 1. The van der Waals surface area contributed by atoms with Crippen LogP contribution in [0.5, 0.6) is 0 Å². The highest BCUT2D eigenvalue weighted by atomic mass is 16.6. The molecule has 1 N–H and O–H groups in total. The first-order valence-electron chi connectivity index (χ1n) is 7.39. The van der Waals surface area contributed by atoms with E-state index in [1.54, 1.807) is 0 Å². The molecule has 1 amide bonds. The van der Waals surface area contributed by atoms with Gasteiger partial charge in [-0.2, -0.15) is 0 Å². The maximum Gasteiger partial charge on any atom is 0.410 e. The van der Waals surface area contributed by atoms with E-state index in [2.05, 4.69) is 46.9 Å². The van der Waals surface area contributed by atoms with E-state index in [1.807, 2.05) is 4.90 Å². The van der Waals surface area contributed by atoms with Gasteiger partial charge >= 0.3 is 6.09 Å². The van der Waals surface area contributed by atoms with Crippen LogP contribution in [0, 0.1) is 11.8 Å². The van der Waals surface area contributed by atoms with E-state index in [9.17, 15) is 4.79 Å². The molecule has 0 saturated carbocycles. The Morgan fingerprint density at radius 2 is 1.95 bits per heavy atom. The second-order valence-electron chi connectivity index (χ2n) is 7.15. The molecule has 0 aromatic heterocycles. The number of ether oxygens (including phenoxy) is 1. The van der Waals surface area contributed by atoms with E-state index in [-0.39, 0.29) is 17.7 Å². The molecule has 1 unspecified atom stereocenters. The predicted molar refractivity (Wildman–Crippen MR) is 78.2 cm³/mol. The molecule has 1 aliphatic rings. The number of amides is 1. The zero-order chi connectivity index (χ0) is 14.6. The minimum absolute atomic E-state index is 0.0374. The highest BCUT2D eigenvalue weighted by molar-refractivity contribution is 5.68. The maximum atomic E-state index is 12.3. The molecule has 1 atom stereocenters. The van der Waals surface area contributed by atoms with Crippen LogP contribution < -0.4 is 5.32 Å². The van der Waals surface area contributed by atoms with Gasteiger partial charge in [0.25, 0.3) is 0 Å². The summed E-state index contributed by atoms with van der Waals surface area (Å²) in [6.45, 7) is 14.8. The van der Waals surface area contributed by atoms with Gasteiger partial charge < -0.3 is 15.0 Å². The normalized spacial score (nSPS) is 22.9. The Hall–Kier alpha value is -0.770. The lowest BCUT2D eigenvalue weighted by atomic mass is 9.94. The third-order valence-electron chi connectivity index (χ3n) is 3.34. The van der Waals surface area contributed by atoms with E-state index >= 15 is 0 Å². The molecule has 4 nitrogen and oxygen atoms in total. The van der Waals surface area contributed by atoms with Crippen LogP contribution in [-0.2, 0) is 4.74 Å². The van der Waals surface area contributed by atoms with Crippen molar-refractivity contribution < 1.29 is 9.53 Å². The fourth-order valence-corrected chi connectivity index (χ4v) is 2.40. The van der Waals surface area contributed by atoms with Crippen LogP contribution in [0.2, 0.25) is 0 Å². The molecule has 1 fully saturated rings. The SMILES string of the molecule is CC(C)COC(=O)N1CC(C)(C)NCC1CC(C)C. The van der Waals surface area contributed by atoms with E-state index in [0.29, 0.717) is 25.0 Å². The fraction of sp³-hybridized carbons (Fsp3) is 0.933. The van der Waals surface area contributed by atoms with Crippen molar-refractivity contribution >= 4 is 6.09 Å². The lowest BCUT2D eigenvalue weighted by molar-refractivity contribution is 0.0431. The molecule has 0 bridgehead atoms. The number of nitrogens with one attached hydrogen (secondary N) is 1. The maximum absolute atomic E-state index is 12.3. The number of hydrogen-bond donors (Lipinski definition) is 1. The fourth-order valence-electron chi connectivity index (χ4n) is 2.40. The largest absolute Gasteiger partial charge is 0.449 e. The van der Waals surface area contributed by atoms with Crippen molar-refractivity contribution in [1.29, 1.82) is 0 Å². The van der Waals surface area contributed by atoms with Crippen LogP contribution in [0.4, 0.5) is 4.79 Å². The third-order valence-corrected chi connectivity index (χ3v) is 3.34. The summed E-state index contributed by atoms with van der Waals surface area (Å²) < 4.78 is 5.41. The quantitative estimate of drug-likeness (QED) is 0.854. The molecule has 1 heterocycles. The standard InChI is InChI=1S/C15H30N2O2/c1-11(2)7-13-8-16-15(5,6)10-17(13)14(18)19-9-12(3)4/h11-13,16H,7-10H2,1-6H3. The summed E-state index contributed by atoms with van der Waals surface area (Å²) in [5.41, 5.74) is -0.0374.